The SMILES string of the molecule is CC(C)(C)S.CCC(C)S.CCCCS. The summed E-state index contributed by atoms with van der Waals surface area (Å²) in [5, 5.41) is 0.579. The number of hydrogen-bond acceptors (Lipinski definition) is 3. The van der Waals surface area contributed by atoms with E-state index in [2.05, 4.69) is 79.4 Å². The van der Waals surface area contributed by atoms with Crippen LogP contribution in [0.3, 0.4) is 0 Å². The summed E-state index contributed by atoms with van der Waals surface area (Å²) in [5.74, 6) is 1.04. The summed E-state index contributed by atoms with van der Waals surface area (Å²) in [5.41, 5.74) is 0. The van der Waals surface area contributed by atoms with Crippen LogP contribution >= 0.6 is 37.9 Å². The average Bonchev–Trinajstić information content (AvgIpc) is 2.04. The lowest BCUT2D eigenvalue weighted by atomic mass is 10.3. The van der Waals surface area contributed by atoms with E-state index in [0.29, 0.717) is 5.25 Å². The lowest BCUT2D eigenvalue weighted by molar-refractivity contribution is 0.812. The summed E-state index contributed by atoms with van der Waals surface area (Å²) in [7, 11) is 0. The van der Waals surface area contributed by atoms with Gasteiger partial charge in [0.15, 0.2) is 0 Å². The van der Waals surface area contributed by atoms with Crippen LogP contribution in [-0.4, -0.2) is 15.7 Å². The van der Waals surface area contributed by atoms with Crippen LogP contribution in [0.5, 0.6) is 0 Å². The van der Waals surface area contributed by atoms with Crippen molar-refractivity contribution in [2.45, 2.75) is 70.8 Å². The maximum absolute atomic E-state index is 4.12. The molecule has 0 amide bonds. The molecule has 0 rings (SSSR count). The number of thiol groups is 3. The molecule has 0 bridgehead atoms. The standard InChI is InChI=1S/3C4H10S/c1-4(2,3)5;1-3-4(2)5;1-2-3-4-5/h5H,1-3H3;4-5H,3H2,1-2H3;5H,2-4H2,1H3. The number of hydrogen-bond donors (Lipinski definition) is 3. The van der Waals surface area contributed by atoms with Crippen LogP contribution in [0.2, 0.25) is 0 Å². The van der Waals surface area contributed by atoms with Crippen molar-refractivity contribution in [2.24, 2.45) is 0 Å². The summed E-state index contributed by atoms with van der Waals surface area (Å²) < 4.78 is 0.194. The Labute approximate surface area is 114 Å². The minimum absolute atomic E-state index is 0.194. The second-order valence-corrected chi connectivity index (χ2v) is 7.18. The molecule has 15 heavy (non-hydrogen) atoms. The summed E-state index contributed by atoms with van der Waals surface area (Å²) >= 11 is 12.2. The van der Waals surface area contributed by atoms with Gasteiger partial charge in [0.1, 0.15) is 0 Å². The predicted molar refractivity (Wildman–Crippen MR) is 86.2 cm³/mol. The highest BCUT2D eigenvalue weighted by atomic mass is 32.1. The minimum Gasteiger partial charge on any atom is -0.179 e. The zero-order valence-corrected chi connectivity index (χ0v) is 13.9. The molecule has 0 aliphatic rings. The molecular formula is C12H30S3. The highest BCUT2D eigenvalue weighted by Crippen LogP contribution is 2.07. The molecule has 0 fully saturated rings. The van der Waals surface area contributed by atoms with Gasteiger partial charge in [0.05, 0.1) is 0 Å². The van der Waals surface area contributed by atoms with Crippen molar-refractivity contribution in [3.05, 3.63) is 0 Å². The van der Waals surface area contributed by atoms with Gasteiger partial charge in [-0.15, -0.1) is 0 Å². The van der Waals surface area contributed by atoms with E-state index in [1.165, 1.54) is 19.3 Å². The zero-order valence-electron chi connectivity index (χ0n) is 11.2. The van der Waals surface area contributed by atoms with Crippen LogP contribution in [0.1, 0.15) is 60.8 Å². The fraction of sp³-hybridized carbons (Fsp3) is 1.00. The van der Waals surface area contributed by atoms with Crippen molar-refractivity contribution < 1.29 is 0 Å². The van der Waals surface area contributed by atoms with Gasteiger partial charge in [0.25, 0.3) is 0 Å². The highest BCUT2D eigenvalue weighted by molar-refractivity contribution is 7.81. The van der Waals surface area contributed by atoms with Gasteiger partial charge in [-0.05, 0) is 23.8 Å². The van der Waals surface area contributed by atoms with Gasteiger partial charge in [-0.25, -0.2) is 0 Å². The molecule has 0 nitrogen and oxygen atoms in total. The van der Waals surface area contributed by atoms with Crippen molar-refractivity contribution in [1.82, 2.24) is 0 Å². The molecule has 0 aromatic heterocycles. The van der Waals surface area contributed by atoms with Crippen molar-refractivity contribution in [2.75, 3.05) is 5.75 Å². The normalized spacial score (nSPS) is 11.8. The number of rotatable bonds is 3. The third-order valence-corrected chi connectivity index (χ3v) is 1.78. The molecule has 96 valence electrons. The molecule has 1 atom stereocenters. The van der Waals surface area contributed by atoms with Gasteiger partial charge in [0, 0.05) is 4.75 Å². The molecule has 0 heterocycles. The third-order valence-electron chi connectivity index (χ3n) is 1.10. The maximum atomic E-state index is 4.12. The molecule has 1 unspecified atom stereocenters. The smallest absolute Gasteiger partial charge is 0.00449 e. The average molecular weight is 271 g/mol. The maximum Gasteiger partial charge on any atom is 0.00449 e. The molecule has 0 aliphatic carbocycles. The topological polar surface area (TPSA) is 0 Å². The van der Waals surface area contributed by atoms with E-state index in [9.17, 15) is 0 Å². The van der Waals surface area contributed by atoms with E-state index in [-0.39, 0.29) is 4.75 Å². The first-order chi connectivity index (χ1) is 6.68. The Balaban J connectivity index is -0.000000144. The molecule has 0 saturated heterocycles. The Morgan fingerprint density at radius 3 is 1.40 bits per heavy atom. The van der Waals surface area contributed by atoms with Crippen LogP contribution in [0.25, 0.3) is 0 Å². The van der Waals surface area contributed by atoms with E-state index >= 15 is 0 Å². The van der Waals surface area contributed by atoms with Crippen LogP contribution in [-0.2, 0) is 0 Å². The lowest BCUT2D eigenvalue weighted by Gasteiger charge is -2.04. The first-order valence-electron chi connectivity index (χ1n) is 5.70. The largest absolute Gasteiger partial charge is 0.179 e. The Kier molecular flexibility index (Phi) is 21.4. The second-order valence-electron chi connectivity index (χ2n) is 4.51. The summed E-state index contributed by atoms with van der Waals surface area (Å²) in [6.45, 7) is 12.5. The molecule has 0 aromatic carbocycles. The molecule has 0 saturated carbocycles. The molecule has 0 radical (unpaired) electrons. The van der Waals surface area contributed by atoms with Crippen molar-refractivity contribution in [1.29, 1.82) is 0 Å². The molecule has 0 aromatic rings. The van der Waals surface area contributed by atoms with Crippen molar-refractivity contribution in [3.8, 4) is 0 Å². The van der Waals surface area contributed by atoms with Gasteiger partial charge in [0.2, 0.25) is 0 Å². The first kappa shape index (κ1) is 21.3. The zero-order chi connectivity index (χ0) is 12.9. The van der Waals surface area contributed by atoms with E-state index in [1.807, 2.05) is 0 Å². The molecule has 0 aliphatic heterocycles. The van der Waals surface area contributed by atoms with E-state index in [0.717, 1.165) is 5.75 Å². The highest BCUT2D eigenvalue weighted by Gasteiger charge is 1.96. The predicted octanol–water partition coefficient (Wildman–Crippen LogP) is 5.15. The minimum atomic E-state index is 0.194. The van der Waals surface area contributed by atoms with Gasteiger partial charge in [-0.1, -0.05) is 48.0 Å². The third kappa shape index (κ3) is 101. The van der Waals surface area contributed by atoms with Gasteiger partial charge in [-0.2, -0.15) is 37.9 Å². The summed E-state index contributed by atoms with van der Waals surface area (Å²) in [6, 6.07) is 0. The Morgan fingerprint density at radius 2 is 1.40 bits per heavy atom. The fourth-order valence-corrected chi connectivity index (χ4v) is 0.474. The molecule has 0 N–H and O–H groups in total. The molecule has 0 spiro atoms. The molecule has 3 heteroatoms. The van der Waals surface area contributed by atoms with Crippen LogP contribution in [0, 0.1) is 0 Å². The van der Waals surface area contributed by atoms with Crippen molar-refractivity contribution >= 4 is 37.9 Å². The Morgan fingerprint density at radius 1 is 1.13 bits per heavy atom. The van der Waals surface area contributed by atoms with E-state index < -0.39 is 0 Å². The monoisotopic (exact) mass is 270 g/mol. The van der Waals surface area contributed by atoms with Gasteiger partial charge in [-0.3, -0.25) is 0 Å². The van der Waals surface area contributed by atoms with Crippen LogP contribution in [0.4, 0.5) is 0 Å². The molecular weight excluding hydrogens is 240 g/mol. The van der Waals surface area contributed by atoms with Crippen LogP contribution in [0.15, 0.2) is 0 Å². The van der Waals surface area contributed by atoms with E-state index in [1.54, 1.807) is 0 Å². The lowest BCUT2D eigenvalue weighted by Crippen LogP contribution is -1.99. The van der Waals surface area contributed by atoms with Gasteiger partial charge < -0.3 is 0 Å². The first-order valence-corrected chi connectivity index (χ1v) is 7.29. The van der Waals surface area contributed by atoms with Gasteiger partial charge >= 0.3 is 0 Å². The van der Waals surface area contributed by atoms with Crippen molar-refractivity contribution in [3.63, 3.8) is 0 Å². The Hall–Kier alpha value is 1.05. The second kappa shape index (κ2) is 15.0. The fourth-order valence-electron chi connectivity index (χ4n) is 0.158. The summed E-state index contributed by atoms with van der Waals surface area (Å²) in [6.07, 6.45) is 3.69. The Bertz CT molecular complexity index is 87.5. The van der Waals surface area contributed by atoms with E-state index in [4.69, 9.17) is 0 Å². The summed E-state index contributed by atoms with van der Waals surface area (Å²) in [4.78, 5) is 0. The van der Waals surface area contributed by atoms with Crippen LogP contribution < -0.4 is 0 Å². The number of unbranched alkanes of at least 4 members (excludes halogenated alkanes) is 1. The quantitative estimate of drug-likeness (QED) is 0.581.